The Balaban J connectivity index is 1.34. The summed E-state index contributed by atoms with van der Waals surface area (Å²) in [5, 5.41) is 8.42. The number of thioether (sulfide) groups is 1. The lowest BCUT2D eigenvalue weighted by molar-refractivity contribution is 0.102. The summed E-state index contributed by atoms with van der Waals surface area (Å²) in [5.41, 5.74) is 1.60. The molecule has 2 aromatic carbocycles. The molecule has 4 rings (SSSR count). The number of Topliss-reactive ketones (excluding diaryl/α,β-unsaturated/α-hetero) is 1. The number of ketones is 1. The second kappa shape index (κ2) is 8.35. The van der Waals surface area contributed by atoms with Crippen LogP contribution in [0.25, 0.3) is 0 Å². The number of aromatic nitrogens is 2. The minimum atomic E-state index is -0.0446. The molecule has 0 saturated carbocycles. The molecular weight excluding hydrogens is 380 g/mol. The van der Waals surface area contributed by atoms with Crippen molar-refractivity contribution in [2.45, 2.75) is 11.6 Å². The molecule has 3 aromatic rings. The van der Waals surface area contributed by atoms with Crippen molar-refractivity contribution in [1.82, 2.24) is 10.2 Å². The quantitative estimate of drug-likeness (QED) is 0.442. The molecule has 1 aliphatic heterocycles. The molecule has 0 spiro atoms. The normalized spacial score (nSPS) is 12.6. The van der Waals surface area contributed by atoms with Crippen molar-refractivity contribution in [1.29, 1.82) is 0 Å². The largest absolute Gasteiger partial charge is 0.497 e. The molecule has 0 amide bonds. The van der Waals surface area contributed by atoms with Crippen LogP contribution in [0.4, 0.5) is 0 Å². The number of benzene rings is 2. The van der Waals surface area contributed by atoms with Gasteiger partial charge in [-0.3, -0.25) is 4.79 Å². The standard InChI is InChI=1S/C20H18N2O5S/c1-24-15-5-2-13(3-6-15)10-19-21-22-20(27-19)28-12-16(23)14-4-7-17-18(11-14)26-9-8-25-17/h2-7,11H,8-10,12H2,1H3. The molecule has 1 aromatic heterocycles. The molecule has 0 fully saturated rings. The molecular formula is C20H18N2O5S. The fourth-order valence-corrected chi connectivity index (χ4v) is 3.39. The van der Waals surface area contributed by atoms with Crippen LogP contribution in [0.3, 0.4) is 0 Å². The first-order valence-electron chi connectivity index (χ1n) is 8.72. The first-order chi connectivity index (χ1) is 13.7. The van der Waals surface area contributed by atoms with E-state index in [0.717, 1.165) is 11.3 Å². The zero-order valence-electron chi connectivity index (χ0n) is 15.2. The number of fused-ring (bicyclic) bond motifs is 1. The smallest absolute Gasteiger partial charge is 0.277 e. The summed E-state index contributed by atoms with van der Waals surface area (Å²) in [6.45, 7) is 1.00. The third-order valence-corrected chi connectivity index (χ3v) is 4.97. The van der Waals surface area contributed by atoms with Crippen molar-refractivity contribution in [2.24, 2.45) is 0 Å². The van der Waals surface area contributed by atoms with Crippen LogP contribution in [-0.2, 0) is 6.42 Å². The molecule has 1 aliphatic rings. The fraction of sp³-hybridized carbons (Fsp3) is 0.250. The SMILES string of the molecule is COc1ccc(Cc2nnc(SCC(=O)c3ccc4c(c3)OCCO4)o2)cc1. The lowest BCUT2D eigenvalue weighted by Gasteiger charge is -2.18. The molecule has 0 aliphatic carbocycles. The maximum absolute atomic E-state index is 12.4. The summed E-state index contributed by atoms with van der Waals surface area (Å²) in [5.74, 6) is 2.71. The van der Waals surface area contributed by atoms with Crippen LogP contribution in [0.2, 0.25) is 0 Å². The molecule has 0 N–H and O–H groups in total. The predicted octanol–water partition coefficient (Wildman–Crippen LogP) is 3.42. The van der Waals surface area contributed by atoms with E-state index in [9.17, 15) is 4.79 Å². The highest BCUT2D eigenvalue weighted by atomic mass is 32.2. The zero-order chi connectivity index (χ0) is 19.3. The summed E-state index contributed by atoms with van der Waals surface area (Å²) < 4.78 is 21.8. The average molecular weight is 398 g/mol. The predicted molar refractivity (Wildman–Crippen MR) is 103 cm³/mol. The molecule has 8 heteroatoms. The van der Waals surface area contributed by atoms with Crippen LogP contribution in [0.5, 0.6) is 17.2 Å². The molecule has 0 saturated heterocycles. The fourth-order valence-electron chi connectivity index (χ4n) is 2.71. The molecule has 28 heavy (non-hydrogen) atoms. The van der Waals surface area contributed by atoms with Gasteiger partial charge in [-0.05, 0) is 35.9 Å². The number of methoxy groups -OCH3 is 1. The highest BCUT2D eigenvalue weighted by molar-refractivity contribution is 7.99. The highest BCUT2D eigenvalue weighted by Crippen LogP contribution is 2.31. The van der Waals surface area contributed by atoms with Crippen LogP contribution in [-0.4, -0.2) is 42.1 Å². The Morgan fingerprint density at radius 1 is 1.07 bits per heavy atom. The number of carbonyl (C=O) groups is 1. The molecule has 0 atom stereocenters. The van der Waals surface area contributed by atoms with Crippen molar-refractivity contribution >= 4 is 17.5 Å². The van der Waals surface area contributed by atoms with Gasteiger partial charge < -0.3 is 18.6 Å². The number of rotatable bonds is 7. The third kappa shape index (κ3) is 4.28. The Kier molecular flexibility index (Phi) is 5.48. The summed E-state index contributed by atoms with van der Waals surface area (Å²) in [6.07, 6.45) is 0.521. The van der Waals surface area contributed by atoms with E-state index in [1.807, 2.05) is 24.3 Å². The van der Waals surface area contributed by atoms with Gasteiger partial charge in [0.2, 0.25) is 5.89 Å². The molecule has 0 unspecified atom stereocenters. The van der Waals surface area contributed by atoms with Gasteiger partial charge in [-0.1, -0.05) is 23.9 Å². The van der Waals surface area contributed by atoms with Gasteiger partial charge >= 0.3 is 0 Å². The minimum absolute atomic E-state index is 0.0446. The lowest BCUT2D eigenvalue weighted by Crippen LogP contribution is -2.16. The Labute approximate surface area is 166 Å². The Morgan fingerprint density at radius 3 is 2.64 bits per heavy atom. The summed E-state index contributed by atoms with van der Waals surface area (Å²) in [7, 11) is 1.63. The van der Waals surface area contributed by atoms with Gasteiger partial charge in [-0.15, -0.1) is 10.2 Å². The van der Waals surface area contributed by atoms with Crippen LogP contribution in [0.1, 0.15) is 21.8 Å². The van der Waals surface area contributed by atoms with Crippen molar-refractivity contribution in [3.05, 3.63) is 59.5 Å². The number of ether oxygens (including phenoxy) is 3. The van der Waals surface area contributed by atoms with Crippen molar-refractivity contribution in [2.75, 3.05) is 26.1 Å². The van der Waals surface area contributed by atoms with Gasteiger partial charge in [0.15, 0.2) is 17.3 Å². The minimum Gasteiger partial charge on any atom is -0.497 e. The van der Waals surface area contributed by atoms with Gasteiger partial charge in [0.1, 0.15) is 19.0 Å². The van der Waals surface area contributed by atoms with E-state index in [4.69, 9.17) is 18.6 Å². The first-order valence-corrected chi connectivity index (χ1v) is 9.71. The highest BCUT2D eigenvalue weighted by Gasteiger charge is 2.16. The molecule has 2 heterocycles. The third-order valence-electron chi connectivity index (χ3n) is 4.15. The Morgan fingerprint density at radius 2 is 1.86 bits per heavy atom. The van der Waals surface area contributed by atoms with E-state index in [2.05, 4.69) is 10.2 Å². The first kappa shape index (κ1) is 18.4. The number of hydrogen-bond donors (Lipinski definition) is 0. The second-order valence-corrected chi connectivity index (χ2v) is 6.98. The van der Waals surface area contributed by atoms with Crippen molar-refractivity contribution < 1.29 is 23.4 Å². The maximum Gasteiger partial charge on any atom is 0.277 e. The van der Waals surface area contributed by atoms with Crippen LogP contribution < -0.4 is 14.2 Å². The number of nitrogens with zero attached hydrogens (tertiary/aromatic N) is 2. The second-order valence-electron chi connectivity index (χ2n) is 6.06. The van der Waals surface area contributed by atoms with Gasteiger partial charge in [0, 0.05) is 5.56 Å². The van der Waals surface area contributed by atoms with Gasteiger partial charge in [0.05, 0.1) is 19.3 Å². The average Bonchev–Trinajstić information content (AvgIpc) is 3.19. The maximum atomic E-state index is 12.4. The van der Waals surface area contributed by atoms with E-state index in [1.54, 1.807) is 25.3 Å². The lowest BCUT2D eigenvalue weighted by atomic mass is 10.1. The Hall–Kier alpha value is -3.00. The van der Waals surface area contributed by atoms with Gasteiger partial charge in [-0.25, -0.2) is 0 Å². The topological polar surface area (TPSA) is 83.7 Å². The number of carbonyl (C=O) groups excluding carboxylic acids is 1. The van der Waals surface area contributed by atoms with Gasteiger partial charge in [-0.2, -0.15) is 0 Å². The Bertz CT molecular complexity index is 971. The van der Waals surface area contributed by atoms with Crippen molar-refractivity contribution in [3.63, 3.8) is 0 Å². The molecule has 7 nitrogen and oxygen atoms in total. The van der Waals surface area contributed by atoms with Crippen LogP contribution in [0, 0.1) is 0 Å². The van der Waals surface area contributed by atoms with E-state index in [-0.39, 0.29) is 11.5 Å². The van der Waals surface area contributed by atoms with E-state index in [0.29, 0.717) is 47.8 Å². The van der Waals surface area contributed by atoms with Crippen molar-refractivity contribution in [3.8, 4) is 17.2 Å². The summed E-state index contributed by atoms with van der Waals surface area (Å²) in [6, 6.07) is 12.9. The number of hydrogen-bond acceptors (Lipinski definition) is 8. The molecule has 144 valence electrons. The van der Waals surface area contributed by atoms with E-state index < -0.39 is 0 Å². The van der Waals surface area contributed by atoms with E-state index >= 15 is 0 Å². The summed E-state index contributed by atoms with van der Waals surface area (Å²) in [4.78, 5) is 12.4. The molecule has 0 bridgehead atoms. The molecule has 0 radical (unpaired) electrons. The summed E-state index contributed by atoms with van der Waals surface area (Å²) >= 11 is 1.22. The van der Waals surface area contributed by atoms with E-state index in [1.165, 1.54) is 11.8 Å². The van der Waals surface area contributed by atoms with Gasteiger partial charge in [0.25, 0.3) is 5.22 Å². The monoisotopic (exact) mass is 398 g/mol. The zero-order valence-corrected chi connectivity index (χ0v) is 16.0. The van der Waals surface area contributed by atoms with Crippen LogP contribution in [0.15, 0.2) is 52.1 Å². The van der Waals surface area contributed by atoms with Crippen LogP contribution >= 0.6 is 11.8 Å².